The summed E-state index contributed by atoms with van der Waals surface area (Å²) in [5, 5.41) is 3.45. The van der Waals surface area contributed by atoms with Crippen molar-refractivity contribution in [2.24, 2.45) is 0 Å². The molecular weight excluding hydrogens is 412 g/mol. The fourth-order valence-electron chi connectivity index (χ4n) is 2.90. The van der Waals surface area contributed by atoms with Gasteiger partial charge in [0.2, 0.25) is 15.9 Å². The lowest BCUT2D eigenvalue weighted by molar-refractivity contribution is -0.121. The molecule has 0 spiro atoms. The highest BCUT2D eigenvalue weighted by Crippen LogP contribution is 2.24. The molecule has 158 valence electrons. The Bertz CT molecular complexity index is 946. The fourth-order valence-corrected chi connectivity index (χ4v) is 4.51. The Morgan fingerprint density at radius 1 is 1.17 bits per heavy atom. The summed E-state index contributed by atoms with van der Waals surface area (Å²) >= 11 is 5.89. The molecule has 2 aromatic carbocycles. The summed E-state index contributed by atoms with van der Waals surface area (Å²) < 4.78 is 32.6. The van der Waals surface area contributed by atoms with Crippen molar-refractivity contribution < 1.29 is 17.9 Å². The van der Waals surface area contributed by atoms with Gasteiger partial charge in [-0.2, -0.15) is 4.31 Å². The molecule has 0 saturated carbocycles. The minimum Gasteiger partial charge on any atom is -0.494 e. The first-order valence-corrected chi connectivity index (χ1v) is 11.3. The van der Waals surface area contributed by atoms with Crippen molar-refractivity contribution in [2.75, 3.05) is 19.7 Å². The molecule has 1 amide bonds. The second-order valence-electron chi connectivity index (χ2n) is 6.63. The normalized spacial score (nSPS) is 12.6. The van der Waals surface area contributed by atoms with Gasteiger partial charge in [0.05, 0.1) is 24.1 Å². The number of likely N-dealkylation sites (N-methyl/N-ethyl adjacent to an activating group) is 1. The van der Waals surface area contributed by atoms with E-state index in [1.165, 1.54) is 6.07 Å². The Kier molecular flexibility index (Phi) is 8.07. The van der Waals surface area contributed by atoms with Crippen molar-refractivity contribution in [3.63, 3.8) is 0 Å². The van der Waals surface area contributed by atoms with Crippen LogP contribution in [0.4, 0.5) is 0 Å². The first-order valence-electron chi connectivity index (χ1n) is 9.47. The minimum absolute atomic E-state index is 0.138. The van der Waals surface area contributed by atoms with Crippen molar-refractivity contribution in [2.45, 2.75) is 38.6 Å². The number of sulfonamides is 1. The maximum atomic E-state index is 13.0. The van der Waals surface area contributed by atoms with Crippen LogP contribution >= 0.6 is 11.6 Å². The summed E-state index contributed by atoms with van der Waals surface area (Å²) in [6, 6.07) is 11.6. The Morgan fingerprint density at radius 2 is 1.83 bits per heavy atom. The number of aryl methyl sites for hydroxylation is 1. The molecule has 0 aliphatic heterocycles. The van der Waals surface area contributed by atoms with Crippen LogP contribution in [0.2, 0.25) is 5.02 Å². The molecule has 0 radical (unpaired) electrons. The van der Waals surface area contributed by atoms with Gasteiger partial charge in [0.15, 0.2) is 0 Å². The van der Waals surface area contributed by atoms with Crippen molar-refractivity contribution >= 4 is 27.5 Å². The summed E-state index contributed by atoms with van der Waals surface area (Å²) in [5.74, 6) is 0.268. The molecule has 1 unspecified atom stereocenters. The molecule has 0 aliphatic carbocycles. The molecule has 0 bridgehead atoms. The van der Waals surface area contributed by atoms with E-state index in [-0.39, 0.29) is 29.9 Å². The predicted molar refractivity (Wildman–Crippen MR) is 115 cm³/mol. The zero-order valence-corrected chi connectivity index (χ0v) is 18.7. The van der Waals surface area contributed by atoms with E-state index in [2.05, 4.69) is 5.32 Å². The summed E-state index contributed by atoms with van der Waals surface area (Å²) in [4.78, 5) is 12.6. The molecular formula is C21H27ClN2O4S. The third kappa shape index (κ3) is 5.95. The van der Waals surface area contributed by atoms with Crippen LogP contribution in [0, 0.1) is 6.92 Å². The number of amides is 1. The second kappa shape index (κ2) is 10.1. The number of nitrogens with one attached hydrogen (secondary N) is 1. The van der Waals surface area contributed by atoms with Gasteiger partial charge >= 0.3 is 0 Å². The van der Waals surface area contributed by atoms with Crippen LogP contribution in [-0.4, -0.2) is 38.3 Å². The smallest absolute Gasteiger partial charge is 0.243 e. The SMILES string of the molecule is CCOc1ccc(S(=O)(=O)N(CC)CC(=O)NC(C)c2ccc(Cl)cc2)cc1C. The molecule has 2 rings (SSSR count). The quantitative estimate of drug-likeness (QED) is 0.643. The number of rotatable bonds is 9. The highest BCUT2D eigenvalue weighted by molar-refractivity contribution is 7.89. The monoisotopic (exact) mass is 438 g/mol. The van der Waals surface area contributed by atoms with Gasteiger partial charge in [0.25, 0.3) is 0 Å². The van der Waals surface area contributed by atoms with Gasteiger partial charge in [-0.1, -0.05) is 30.7 Å². The van der Waals surface area contributed by atoms with Crippen molar-refractivity contribution in [3.05, 3.63) is 58.6 Å². The molecule has 29 heavy (non-hydrogen) atoms. The summed E-state index contributed by atoms with van der Waals surface area (Å²) in [7, 11) is -3.81. The number of ether oxygens (including phenoxy) is 1. The third-order valence-corrected chi connectivity index (χ3v) is 6.67. The Labute approximate surface area is 177 Å². The number of benzene rings is 2. The van der Waals surface area contributed by atoms with Gasteiger partial charge in [-0.15, -0.1) is 0 Å². The zero-order chi connectivity index (χ0) is 21.6. The lowest BCUT2D eigenvalue weighted by atomic mass is 10.1. The molecule has 1 N–H and O–H groups in total. The summed E-state index contributed by atoms with van der Waals surface area (Å²) in [5.41, 5.74) is 1.61. The predicted octanol–water partition coefficient (Wildman–Crippen LogP) is 3.94. The highest BCUT2D eigenvalue weighted by atomic mass is 35.5. The van der Waals surface area contributed by atoms with Crippen LogP contribution in [0.1, 0.15) is 37.9 Å². The lowest BCUT2D eigenvalue weighted by Gasteiger charge is -2.22. The number of halogens is 1. The summed E-state index contributed by atoms with van der Waals surface area (Å²) in [6.07, 6.45) is 0. The van der Waals surface area contributed by atoms with Crippen molar-refractivity contribution in [3.8, 4) is 5.75 Å². The van der Waals surface area contributed by atoms with E-state index in [1.54, 1.807) is 38.1 Å². The Morgan fingerprint density at radius 3 is 2.38 bits per heavy atom. The van der Waals surface area contributed by atoms with Crippen LogP contribution in [-0.2, 0) is 14.8 Å². The molecule has 6 nitrogen and oxygen atoms in total. The maximum Gasteiger partial charge on any atom is 0.243 e. The molecule has 0 fully saturated rings. The molecule has 8 heteroatoms. The van der Waals surface area contributed by atoms with E-state index < -0.39 is 10.0 Å². The second-order valence-corrected chi connectivity index (χ2v) is 9.01. The fraction of sp³-hybridized carbons (Fsp3) is 0.381. The maximum absolute atomic E-state index is 13.0. The van der Waals surface area contributed by atoms with E-state index in [9.17, 15) is 13.2 Å². The Hall–Kier alpha value is -2.09. The van der Waals surface area contributed by atoms with E-state index in [0.717, 1.165) is 15.4 Å². The molecule has 0 aromatic heterocycles. The molecule has 2 aromatic rings. The van der Waals surface area contributed by atoms with E-state index >= 15 is 0 Å². The van der Waals surface area contributed by atoms with Gasteiger partial charge in [-0.05, 0) is 62.2 Å². The van der Waals surface area contributed by atoms with E-state index in [4.69, 9.17) is 16.3 Å². The first-order chi connectivity index (χ1) is 13.7. The summed E-state index contributed by atoms with van der Waals surface area (Å²) in [6.45, 7) is 7.62. The molecule has 0 heterocycles. The van der Waals surface area contributed by atoms with Crippen LogP contribution in [0.3, 0.4) is 0 Å². The van der Waals surface area contributed by atoms with E-state index in [1.807, 2.05) is 26.0 Å². The van der Waals surface area contributed by atoms with E-state index in [0.29, 0.717) is 17.4 Å². The topological polar surface area (TPSA) is 75.7 Å². The van der Waals surface area contributed by atoms with Crippen LogP contribution in [0.5, 0.6) is 5.75 Å². The van der Waals surface area contributed by atoms with Gasteiger partial charge in [-0.3, -0.25) is 4.79 Å². The molecule has 1 atom stereocenters. The highest BCUT2D eigenvalue weighted by Gasteiger charge is 2.26. The number of hydrogen-bond acceptors (Lipinski definition) is 4. The lowest BCUT2D eigenvalue weighted by Crippen LogP contribution is -2.41. The first kappa shape index (κ1) is 23.2. The zero-order valence-electron chi connectivity index (χ0n) is 17.1. The van der Waals surface area contributed by atoms with Crippen LogP contribution in [0.15, 0.2) is 47.4 Å². The minimum atomic E-state index is -3.81. The average molecular weight is 439 g/mol. The Balaban J connectivity index is 2.12. The number of carbonyl (C=O) groups is 1. The largest absolute Gasteiger partial charge is 0.494 e. The molecule has 0 saturated heterocycles. The van der Waals surface area contributed by atoms with Gasteiger partial charge in [-0.25, -0.2) is 8.42 Å². The van der Waals surface area contributed by atoms with Crippen molar-refractivity contribution in [1.82, 2.24) is 9.62 Å². The molecule has 0 aliphatic rings. The van der Waals surface area contributed by atoms with Crippen molar-refractivity contribution in [1.29, 1.82) is 0 Å². The van der Waals surface area contributed by atoms with Crippen LogP contribution in [0.25, 0.3) is 0 Å². The third-order valence-electron chi connectivity index (χ3n) is 4.50. The number of nitrogens with zero attached hydrogens (tertiary/aromatic N) is 1. The number of carbonyl (C=O) groups excluding carboxylic acids is 1. The van der Waals surface area contributed by atoms with Gasteiger partial charge in [0, 0.05) is 11.6 Å². The standard InChI is InChI=1S/C21H27ClN2O4S/c1-5-24(14-21(25)23-16(4)17-7-9-18(22)10-8-17)29(26,27)19-11-12-20(28-6-2)15(3)13-19/h7-13,16H,5-6,14H2,1-4H3,(H,23,25). The number of hydrogen-bond donors (Lipinski definition) is 1. The van der Waals surface area contributed by atoms with Crippen LogP contribution < -0.4 is 10.1 Å². The average Bonchev–Trinajstić information content (AvgIpc) is 2.68. The van der Waals surface area contributed by atoms with Gasteiger partial charge < -0.3 is 10.1 Å². The van der Waals surface area contributed by atoms with Gasteiger partial charge in [0.1, 0.15) is 5.75 Å².